The van der Waals surface area contributed by atoms with E-state index >= 15 is 0 Å². The largest absolute Gasteiger partial charge is 0.491 e. The lowest BCUT2D eigenvalue weighted by Gasteiger charge is -2.32. The Morgan fingerprint density at radius 3 is 2.72 bits per heavy atom. The Morgan fingerprint density at radius 1 is 1.33 bits per heavy atom. The van der Waals surface area contributed by atoms with Crippen LogP contribution in [0, 0.1) is 0 Å². The Bertz CT molecular complexity index is 384. The average molecular weight is 249 g/mol. The molecule has 0 amide bonds. The molecule has 0 atom stereocenters. The highest BCUT2D eigenvalue weighted by molar-refractivity contribution is 5.30. The molecule has 0 unspecified atom stereocenters. The van der Waals surface area contributed by atoms with Gasteiger partial charge in [0, 0.05) is 0 Å². The van der Waals surface area contributed by atoms with Gasteiger partial charge in [0.2, 0.25) is 0 Å². The molecule has 100 valence electrons. The second-order valence-electron chi connectivity index (χ2n) is 5.49. The second-order valence-corrected chi connectivity index (χ2v) is 5.49. The molecule has 1 aliphatic rings. The van der Waals surface area contributed by atoms with E-state index in [9.17, 15) is 5.11 Å². The van der Waals surface area contributed by atoms with E-state index < -0.39 is 5.60 Å². The van der Waals surface area contributed by atoms with Crippen LogP contribution in [0.2, 0.25) is 0 Å². The first-order chi connectivity index (χ1) is 8.59. The first-order valence-electron chi connectivity index (χ1n) is 6.75. The molecule has 1 aromatic rings. The maximum Gasteiger partial charge on any atom is 0.119 e. The van der Waals surface area contributed by atoms with Crippen LogP contribution in [0.3, 0.4) is 0 Å². The molecule has 18 heavy (non-hydrogen) atoms. The molecule has 1 saturated heterocycles. The Hall–Kier alpha value is -1.06. The molecule has 0 saturated carbocycles. The Labute approximate surface area is 109 Å². The van der Waals surface area contributed by atoms with E-state index in [0.29, 0.717) is 12.5 Å². The minimum absolute atomic E-state index is 0.385. The molecule has 0 aromatic heterocycles. The number of rotatable bonds is 4. The minimum atomic E-state index is -0.668. The van der Waals surface area contributed by atoms with Gasteiger partial charge in [-0.15, -0.1) is 0 Å². The highest BCUT2D eigenvalue weighted by Gasteiger charge is 2.29. The lowest BCUT2D eigenvalue weighted by molar-refractivity contribution is -0.0286. The molecule has 0 spiro atoms. The van der Waals surface area contributed by atoms with Crippen LogP contribution in [0.25, 0.3) is 0 Å². The number of benzene rings is 1. The standard InChI is InChI=1S/C15H23NO2/c1-12(2)13-4-3-5-14(10-13)18-11-15(17)6-8-16-9-7-15/h3-5,10,12,16-17H,6-9,11H2,1-2H3. The topological polar surface area (TPSA) is 41.5 Å². The van der Waals surface area contributed by atoms with Crippen molar-refractivity contribution < 1.29 is 9.84 Å². The molecular formula is C15H23NO2. The Balaban J connectivity index is 1.95. The summed E-state index contributed by atoms with van der Waals surface area (Å²) in [5.41, 5.74) is 0.601. The van der Waals surface area contributed by atoms with Crippen LogP contribution in [0.4, 0.5) is 0 Å². The first-order valence-corrected chi connectivity index (χ1v) is 6.75. The summed E-state index contributed by atoms with van der Waals surface area (Å²) in [5, 5.41) is 13.6. The molecule has 0 bridgehead atoms. The maximum absolute atomic E-state index is 10.3. The molecule has 1 aliphatic heterocycles. The fourth-order valence-electron chi connectivity index (χ4n) is 2.22. The molecule has 2 N–H and O–H groups in total. The number of hydrogen-bond donors (Lipinski definition) is 2. The van der Waals surface area contributed by atoms with E-state index in [1.165, 1.54) is 5.56 Å². The summed E-state index contributed by atoms with van der Waals surface area (Å²) in [6.07, 6.45) is 1.52. The minimum Gasteiger partial charge on any atom is -0.491 e. The Morgan fingerprint density at radius 2 is 2.06 bits per heavy atom. The van der Waals surface area contributed by atoms with Crippen molar-refractivity contribution >= 4 is 0 Å². The molecule has 2 rings (SSSR count). The number of aliphatic hydroxyl groups is 1. The van der Waals surface area contributed by atoms with Gasteiger partial charge in [-0.1, -0.05) is 26.0 Å². The third-order valence-electron chi connectivity index (χ3n) is 3.57. The highest BCUT2D eigenvalue weighted by atomic mass is 16.5. The van der Waals surface area contributed by atoms with Crippen molar-refractivity contribution in [2.45, 2.75) is 38.2 Å². The van der Waals surface area contributed by atoms with Crippen LogP contribution < -0.4 is 10.1 Å². The lowest BCUT2D eigenvalue weighted by Crippen LogP contribution is -2.45. The van der Waals surface area contributed by atoms with Gasteiger partial charge in [-0.05, 0) is 49.5 Å². The van der Waals surface area contributed by atoms with Crippen LogP contribution in [-0.4, -0.2) is 30.4 Å². The molecule has 1 heterocycles. The monoisotopic (exact) mass is 249 g/mol. The van der Waals surface area contributed by atoms with Crippen molar-refractivity contribution in [2.24, 2.45) is 0 Å². The molecule has 0 aliphatic carbocycles. The third-order valence-corrected chi connectivity index (χ3v) is 3.57. The summed E-state index contributed by atoms with van der Waals surface area (Å²) in [7, 11) is 0. The van der Waals surface area contributed by atoms with E-state index in [1.807, 2.05) is 12.1 Å². The molecule has 0 radical (unpaired) electrons. The number of hydrogen-bond acceptors (Lipinski definition) is 3. The zero-order valence-corrected chi connectivity index (χ0v) is 11.3. The van der Waals surface area contributed by atoms with Crippen molar-refractivity contribution in [3.05, 3.63) is 29.8 Å². The summed E-state index contributed by atoms with van der Waals surface area (Å²) in [5.74, 6) is 1.35. The third kappa shape index (κ3) is 3.47. The summed E-state index contributed by atoms with van der Waals surface area (Å²) in [6, 6.07) is 8.14. The SMILES string of the molecule is CC(C)c1cccc(OCC2(O)CCNCC2)c1. The summed E-state index contributed by atoms with van der Waals surface area (Å²) in [4.78, 5) is 0. The van der Waals surface area contributed by atoms with Crippen molar-refractivity contribution in [2.75, 3.05) is 19.7 Å². The second kappa shape index (κ2) is 5.72. The quantitative estimate of drug-likeness (QED) is 0.860. The van der Waals surface area contributed by atoms with E-state index in [2.05, 4.69) is 31.3 Å². The number of piperidine rings is 1. The number of nitrogens with one attached hydrogen (secondary N) is 1. The molecule has 3 heteroatoms. The fraction of sp³-hybridized carbons (Fsp3) is 0.600. The van der Waals surface area contributed by atoms with Crippen LogP contribution >= 0.6 is 0 Å². The van der Waals surface area contributed by atoms with Gasteiger partial charge in [0.15, 0.2) is 0 Å². The van der Waals surface area contributed by atoms with E-state index in [-0.39, 0.29) is 0 Å². The average Bonchev–Trinajstić information content (AvgIpc) is 2.38. The Kier molecular flexibility index (Phi) is 4.25. The van der Waals surface area contributed by atoms with Gasteiger partial charge in [0.25, 0.3) is 0 Å². The van der Waals surface area contributed by atoms with E-state index in [1.54, 1.807) is 0 Å². The van der Waals surface area contributed by atoms with Gasteiger partial charge < -0.3 is 15.2 Å². The lowest BCUT2D eigenvalue weighted by atomic mass is 9.93. The van der Waals surface area contributed by atoms with Crippen molar-refractivity contribution in [3.63, 3.8) is 0 Å². The zero-order valence-electron chi connectivity index (χ0n) is 11.3. The molecule has 1 aromatic carbocycles. The normalized spacial score (nSPS) is 18.9. The zero-order chi connectivity index (χ0) is 13.0. The predicted octanol–water partition coefficient (Wildman–Crippen LogP) is 2.30. The van der Waals surface area contributed by atoms with Crippen molar-refractivity contribution in [1.82, 2.24) is 5.32 Å². The van der Waals surface area contributed by atoms with E-state index in [4.69, 9.17) is 4.74 Å². The van der Waals surface area contributed by atoms with Gasteiger partial charge in [0.05, 0.1) is 0 Å². The fourth-order valence-corrected chi connectivity index (χ4v) is 2.22. The summed E-state index contributed by atoms with van der Waals surface area (Å²) < 4.78 is 5.76. The van der Waals surface area contributed by atoms with Crippen LogP contribution in [0.15, 0.2) is 24.3 Å². The van der Waals surface area contributed by atoms with Crippen LogP contribution in [0.1, 0.15) is 38.2 Å². The van der Waals surface area contributed by atoms with Gasteiger partial charge >= 0.3 is 0 Å². The van der Waals surface area contributed by atoms with Crippen molar-refractivity contribution in [1.29, 1.82) is 0 Å². The van der Waals surface area contributed by atoms with Gasteiger partial charge in [0.1, 0.15) is 18.0 Å². The summed E-state index contributed by atoms with van der Waals surface area (Å²) in [6.45, 7) is 6.45. The number of ether oxygens (including phenoxy) is 1. The first kappa shape index (κ1) is 13.4. The highest BCUT2D eigenvalue weighted by Crippen LogP contribution is 2.23. The molecule has 1 fully saturated rings. The van der Waals surface area contributed by atoms with E-state index in [0.717, 1.165) is 31.7 Å². The predicted molar refractivity (Wildman–Crippen MR) is 73.1 cm³/mol. The smallest absolute Gasteiger partial charge is 0.119 e. The van der Waals surface area contributed by atoms with Gasteiger partial charge in [-0.2, -0.15) is 0 Å². The molecular weight excluding hydrogens is 226 g/mol. The van der Waals surface area contributed by atoms with Crippen LogP contribution in [-0.2, 0) is 0 Å². The van der Waals surface area contributed by atoms with Gasteiger partial charge in [-0.3, -0.25) is 0 Å². The maximum atomic E-state index is 10.3. The molecule has 3 nitrogen and oxygen atoms in total. The van der Waals surface area contributed by atoms with Crippen LogP contribution in [0.5, 0.6) is 5.75 Å². The van der Waals surface area contributed by atoms with Gasteiger partial charge in [-0.25, -0.2) is 0 Å². The van der Waals surface area contributed by atoms with Crippen molar-refractivity contribution in [3.8, 4) is 5.75 Å². The summed E-state index contributed by atoms with van der Waals surface area (Å²) >= 11 is 0.